The van der Waals surface area contributed by atoms with E-state index in [1.54, 1.807) is 44.4 Å². The Hall–Kier alpha value is -2.34. The molecule has 0 radical (unpaired) electrons. The number of para-hydroxylation sites is 1. The van der Waals surface area contributed by atoms with Crippen molar-refractivity contribution in [1.29, 1.82) is 0 Å². The average molecular weight is 361 g/mol. The van der Waals surface area contributed by atoms with Crippen molar-refractivity contribution in [3.05, 3.63) is 66.1 Å². The largest absolute Gasteiger partial charge is 0.406 e. The second-order valence-corrected chi connectivity index (χ2v) is 7.51. The summed E-state index contributed by atoms with van der Waals surface area (Å²) in [5, 5.41) is 0.874. The maximum Gasteiger partial charge on any atom is 0.406 e. The summed E-state index contributed by atoms with van der Waals surface area (Å²) in [5.41, 5.74) is 4.88. The maximum absolute atomic E-state index is 13.9. The zero-order valence-electron chi connectivity index (χ0n) is 14.8. The number of nitrogens with one attached hydrogen (secondary N) is 1. The fourth-order valence-electron chi connectivity index (χ4n) is 3.49. The molecule has 26 heavy (non-hydrogen) atoms. The van der Waals surface area contributed by atoms with E-state index in [-0.39, 0.29) is 12.8 Å². The summed E-state index contributed by atoms with van der Waals surface area (Å²) >= 11 is 0. The molecule has 0 fully saturated rings. The number of hydrogen-bond donors (Lipinski definition) is 2. The lowest BCUT2D eigenvalue weighted by Crippen LogP contribution is -2.58. The van der Waals surface area contributed by atoms with Crippen LogP contribution in [-0.4, -0.2) is 21.7 Å². The van der Waals surface area contributed by atoms with Crippen molar-refractivity contribution in [1.82, 2.24) is 9.97 Å². The molecule has 0 aliphatic carbocycles. The third kappa shape index (κ3) is 3.60. The van der Waals surface area contributed by atoms with Crippen LogP contribution in [0.4, 0.5) is 13.2 Å². The molecule has 3 aromatic rings. The van der Waals surface area contributed by atoms with Crippen LogP contribution < -0.4 is 5.73 Å². The summed E-state index contributed by atoms with van der Waals surface area (Å²) in [4.78, 5) is 7.08. The molecule has 0 aliphatic heterocycles. The van der Waals surface area contributed by atoms with E-state index in [9.17, 15) is 13.2 Å². The molecule has 0 bridgehead atoms. The van der Waals surface area contributed by atoms with Crippen molar-refractivity contribution in [2.45, 2.75) is 43.8 Å². The zero-order valence-corrected chi connectivity index (χ0v) is 14.8. The molecule has 1 aromatic carbocycles. The van der Waals surface area contributed by atoms with Gasteiger partial charge in [0.15, 0.2) is 0 Å². The van der Waals surface area contributed by atoms with E-state index in [1.165, 1.54) is 0 Å². The molecular formula is C20H22F3N3. The van der Waals surface area contributed by atoms with E-state index in [4.69, 9.17) is 5.73 Å². The third-order valence-corrected chi connectivity index (χ3v) is 4.86. The number of benzene rings is 1. The number of aromatic nitrogens is 2. The molecule has 3 N–H and O–H groups in total. The van der Waals surface area contributed by atoms with Crippen molar-refractivity contribution in [2.24, 2.45) is 5.73 Å². The van der Waals surface area contributed by atoms with Gasteiger partial charge in [-0.15, -0.1) is 0 Å². The van der Waals surface area contributed by atoms with Gasteiger partial charge in [0.1, 0.15) is 5.54 Å². The van der Waals surface area contributed by atoms with E-state index < -0.39 is 17.1 Å². The molecule has 138 valence electrons. The summed E-state index contributed by atoms with van der Waals surface area (Å²) in [6, 6.07) is 12.6. The minimum Gasteiger partial charge on any atom is -0.358 e. The lowest BCUT2D eigenvalue weighted by atomic mass is 9.72. The first-order chi connectivity index (χ1) is 12.1. The van der Waals surface area contributed by atoms with E-state index in [2.05, 4.69) is 9.97 Å². The Balaban J connectivity index is 1.93. The van der Waals surface area contributed by atoms with Crippen LogP contribution in [-0.2, 0) is 11.8 Å². The van der Waals surface area contributed by atoms with Crippen LogP contribution in [0, 0.1) is 0 Å². The van der Waals surface area contributed by atoms with E-state index >= 15 is 0 Å². The number of nitrogens with two attached hydrogens (primary N) is 1. The maximum atomic E-state index is 13.9. The predicted molar refractivity (Wildman–Crippen MR) is 96.9 cm³/mol. The van der Waals surface area contributed by atoms with Crippen LogP contribution in [0.5, 0.6) is 0 Å². The summed E-state index contributed by atoms with van der Waals surface area (Å²) in [6.07, 6.45) is -1.90. The molecule has 1 atom stereocenters. The lowest BCUT2D eigenvalue weighted by Gasteiger charge is -2.38. The van der Waals surface area contributed by atoms with Crippen LogP contribution >= 0.6 is 0 Å². The summed E-state index contributed by atoms with van der Waals surface area (Å²) in [5.74, 6) is 0. The smallest absolute Gasteiger partial charge is 0.358 e. The van der Waals surface area contributed by atoms with Gasteiger partial charge in [-0.3, -0.25) is 4.98 Å². The number of pyridine rings is 1. The van der Waals surface area contributed by atoms with Gasteiger partial charge in [-0.25, -0.2) is 0 Å². The number of fused-ring (bicyclic) bond motifs is 1. The van der Waals surface area contributed by atoms with Gasteiger partial charge in [-0.05, 0) is 41.0 Å². The molecule has 0 spiro atoms. The van der Waals surface area contributed by atoms with Gasteiger partial charge in [-0.2, -0.15) is 13.2 Å². The van der Waals surface area contributed by atoms with Gasteiger partial charge >= 0.3 is 6.18 Å². The van der Waals surface area contributed by atoms with Crippen LogP contribution in [0.15, 0.2) is 54.9 Å². The molecule has 0 saturated carbocycles. The molecule has 2 aromatic heterocycles. The second-order valence-electron chi connectivity index (χ2n) is 7.51. The van der Waals surface area contributed by atoms with Crippen LogP contribution in [0.2, 0.25) is 0 Å². The molecule has 0 saturated heterocycles. The Kier molecular flexibility index (Phi) is 4.56. The highest BCUT2D eigenvalue weighted by atomic mass is 19.4. The first kappa shape index (κ1) is 18.5. The highest BCUT2D eigenvalue weighted by Gasteiger charge is 2.54. The highest BCUT2D eigenvalue weighted by molar-refractivity contribution is 5.80. The molecule has 6 heteroatoms. The average Bonchev–Trinajstić information content (AvgIpc) is 2.96. The second kappa shape index (κ2) is 6.43. The van der Waals surface area contributed by atoms with Crippen molar-refractivity contribution >= 4 is 10.9 Å². The fraction of sp³-hybridized carbons (Fsp3) is 0.350. The zero-order chi connectivity index (χ0) is 19.0. The highest BCUT2D eigenvalue weighted by Crippen LogP contribution is 2.41. The van der Waals surface area contributed by atoms with Gasteiger partial charge in [0.2, 0.25) is 0 Å². The Morgan fingerprint density at radius 1 is 1.08 bits per heavy atom. The number of H-pyrrole nitrogens is 1. The summed E-state index contributed by atoms with van der Waals surface area (Å²) in [7, 11) is 0. The topological polar surface area (TPSA) is 54.7 Å². The standard InChI is InChI=1S/C20H22F3N3/c1-18(2,15-7-5-9-25-12-15)13-19(24,20(21,22)23)11-16-10-14-6-3-4-8-17(14)26-16/h3-10,12,26H,11,13,24H2,1-2H3. The monoisotopic (exact) mass is 361 g/mol. The first-order valence-corrected chi connectivity index (χ1v) is 8.43. The third-order valence-electron chi connectivity index (χ3n) is 4.86. The predicted octanol–water partition coefficient (Wildman–Crippen LogP) is 4.73. The fourth-order valence-corrected chi connectivity index (χ4v) is 3.49. The molecular weight excluding hydrogens is 339 g/mol. The number of halogens is 3. The number of rotatable bonds is 5. The minimum atomic E-state index is -4.54. The Bertz CT molecular complexity index is 851. The minimum absolute atomic E-state index is 0.245. The molecule has 3 rings (SSSR count). The van der Waals surface area contributed by atoms with Crippen molar-refractivity contribution in [3.63, 3.8) is 0 Å². The SMILES string of the molecule is CC(C)(CC(N)(Cc1cc2ccccc2[nH]1)C(F)(F)F)c1cccnc1. The summed E-state index contributed by atoms with van der Waals surface area (Å²) in [6.45, 7) is 3.53. The molecule has 0 amide bonds. The van der Waals surface area contributed by atoms with Gasteiger partial charge in [0, 0.05) is 30.0 Å². The quantitative estimate of drug-likeness (QED) is 0.690. The van der Waals surface area contributed by atoms with Crippen molar-refractivity contribution < 1.29 is 13.2 Å². The van der Waals surface area contributed by atoms with E-state index in [0.717, 1.165) is 16.5 Å². The molecule has 2 heterocycles. The number of alkyl halides is 3. The molecule has 3 nitrogen and oxygen atoms in total. The van der Waals surface area contributed by atoms with Crippen molar-refractivity contribution in [3.8, 4) is 0 Å². The van der Waals surface area contributed by atoms with Gasteiger partial charge in [0.05, 0.1) is 0 Å². The van der Waals surface area contributed by atoms with Gasteiger partial charge in [-0.1, -0.05) is 38.1 Å². The molecule has 1 unspecified atom stereocenters. The van der Waals surface area contributed by atoms with Crippen LogP contribution in [0.3, 0.4) is 0 Å². The van der Waals surface area contributed by atoms with Crippen LogP contribution in [0.1, 0.15) is 31.5 Å². The number of nitrogens with zero attached hydrogens (tertiary/aromatic N) is 1. The Labute approximate surface area is 150 Å². The Morgan fingerprint density at radius 3 is 2.42 bits per heavy atom. The van der Waals surface area contributed by atoms with E-state index in [0.29, 0.717) is 5.69 Å². The van der Waals surface area contributed by atoms with Gasteiger partial charge < -0.3 is 10.7 Å². The van der Waals surface area contributed by atoms with Crippen LogP contribution in [0.25, 0.3) is 10.9 Å². The molecule has 0 aliphatic rings. The normalized spacial score (nSPS) is 15.2. The van der Waals surface area contributed by atoms with Gasteiger partial charge in [0.25, 0.3) is 0 Å². The lowest BCUT2D eigenvalue weighted by molar-refractivity contribution is -0.191. The van der Waals surface area contributed by atoms with Crippen molar-refractivity contribution in [2.75, 3.05) is 0 Å². The number of aromatic amines is 1. The summed E-state index contributed by atoms with van der Waals surface area (Å²) < 4.78 is 41.8. The van der Waals surface area contributed by atoms with E-state index in [1.807, 2.05) is 24.3 Å². The Morgan fingerprint density at radius 2 is 1.81 bits per heavy atom. The number of hydrogen-bond acceptors (Lipinski definition) is 2. The first-order valence-electron chi connectivity index (χ1n) is 8.43.